The van der Waals surface area contributed by atoms with E-state index >= 15 is 0 Å². The molecule has 1 saturated carbocycles. The van der Waals surface area contributed by atoms with E-state index in [2.05, 4.69) is 5.32 Å². The van der Waals surface area contributed by atoms with Gasteiger partial charge in [-0.05, 0) is 70.4 Å². The van der Waals surface area contributed by atoms with Crippen LogP contribution >= 0.6 is 11.6 Å². The molecule has 1 aliphatic carbocycles. The van der Waals surface area contributed by atoms with Gasteiger partial charge in [-0.1, -0.05) is 0 Å². The summed E-state index contributed by atoms with van der Waals surface area (Å²) in [5.41, 5.74) is 0. The Kier molecular flexibility index (Phi) is 6.10. The third-order valence-electron chi connectivity index (χ3n) is 4.11. The van der Waals surface area contributed by atoms with Crippen LogP contribution in [-0.4, -0.2) is 31.2 Å². The van der Waals surface area contributed by atoms with Crippen molar-refractivity contribution in [2.75, 3.05) is 19.7 Å². The third-order valence-corrected chi connectivity index (χ3v) is 4.55. The molecule has 0 radical (unpaired) electrons. The fourth-order valence-electron chi connectivity index (χ4n) is 2.96. The van der Waals surface area contributed by atoms with Gasteiger partial charge in [-0.15, -0.1) is 11.6 Å². The van der Waals surface area contributed by atoms with Crippen LogP contribution < -0.4 is 5.32 Å². The van der Waals surface area contributed by atoms with Gasteiger partial charge in [0.2, 0.25) is 0 Å². The summed E-state index contributed by atoms with van der Waals surface area (Å²) in [6.07, 6.45) is 10.6. The molecule has 1 atom stereocenters. The zero-order valence-corrected chi connectivity index (χ0v) is 11.6. The maximum absolute atomic E-state index is 6.10. The van der Waals surface area contributed by atoms with Gasteiger partial charge in [-0.2, -0.15) is 0 Å². The molecule has 0 amide bonds. The summed E-state index contributed by atoms with van der Waals surface area (Å²) in [7, 11) is 0. The number of hydrogen-bond acceptors (Lipinski definition) is 2. The first-order chi connectivity index (χ1) is 8.34. The van der Waals surface area contributed by atoms with E-state index in [4.69, 9.17) is 16.3 Å². The summed E-state index contributed by atoms with van der Waals surface area (Å²) in [5.74, 6) is 0.868. The Hall–Kier alpha value is 0.210. The molecule has 2 nitrogen and oxygen atoms in total. The molecule has 1 aliphatic heterocycles. The normalized spacial score (nSPS) is 34.1. The molecule has 1 heterocycles. The van der Waals surface area contributed by atoms with Crippen molar-refractivity contribution in [3.8, 4) is 0 Å². The highest BCUT2D eigenvalue weighted by atomic mass is 35.5. The summed E-state index contributed by atoms with van der Waals surface area (Å²) in [6.45, 7) is 3.33. The van der Waals surface area contributed by atoms with E-state index in [1.54, 1.807) is 0 Å². The van der Waals surface area contributed by atoms with Gasteiger partial charge in [0, 0.05) is 12.0 Å². The number of nitrogens with one attached hydrogen (secondary N) is 1. The van der Waals surface area contributed by atoms with Crippen molar-refractivity contribution in [2.24, 2.45) is 5.92 Å². The maximum atomic E-state index is 6.10. The summed E-state index contributed by atoms with van der Waals surface area (Å²) in [6, 6.07) is 0. The molecule has 2 fully saturated rings. The van der Waals surface area contributed by atoms with Crippen molar-refractivity contribution in [3.63, 3.8) is 0 Å². The zero-order chi connectivity index (χ0) is 11.9. The van der Waals surface area contributed by atoms with Crippen LogP contribution in [0.5, 0.6) is 0 Å². The molecule has 0 bridgehead atoms. The molecule has 1 saturated heterocycles. The van der Waals surface area contributed by atoms with E-state index in [-0.39, 0.29) is 0 Å². The van der Waals surface area contributed by atoms with E-state index in [1.165, 1.54) is 57.9 Å². The average Bonchev–Trinajstić information content (AvgIpc) is 2.84. The number of halogens is 1. The summed E-state index contributed by atoms with van der Waals surface area (Å²) in [5, 5.41) is 4.05. The number of ether oxygens (including phenoxy) is 1. The first kappa shape index (κ1) is 13.6. The Morgan fingerprint density at radius 2 is 1.94 bits per heavy atom. The van der Waals surface area contributed by atoms with Crippen molar-refractivity contribution >= 4 is 11.6 Å². The second-order valence-corrected chi connectivity index (χ2v) is 6.22. The number of hydrogen-bond donors (Lipinski definition) is 1. The highest BCUT2D eigenvalue weighted by Crippen LogP contribution is 2.26. The Balaban J connectivity index is 1.43. The lowest BCUT2D eigenvalue weighted by Gasteiger charge is -2.25. The van der Waals surface area contributed by atoms with E-state index < -0.39 is 0 Å². The molecule has 2 aliphatic rings. The molecule has 1 unspecified atom stereocenters. The molecule has 100 valence electrons. The van der Waals surface area contributed by atoms with Crippen molar-refractivity contribution in [1.82, 2.24) is 5.32 Å². The lowest BCUT2D eigenvalue weighted by molar-refractivity contribution is 0.102. The molecule has 3 heteroatoms. The minimum atomic E-state index is 0.450. The molecular weight excluding hydrogens is 234 g/mol. The molecule has 1 N–H and O–H groups in total. The predicted octanol–water partition coefficient (Wildman–Crippen LogP) is 3.33. The summed E-state index contributed by atoms with van der Waals surface area (Å²) >= 11 is 6.10. The SMILES string of the molecule is ClC1CCC(CNCCCC2CCCO2)CC1. The van der Waals surface area contributed by atoms with E-state index in [1.807, 2.05) is 0 Å². The smallest absolute Gasteiger partial charge is 0.0576 e. The van der Waals surface area contributed by atoms with E-state index in [0.717, 1.165) is 19.1 Å². The van der Waals surface area contributed by atoms with Crippen LogP contribution in [0.3, 0.4) is 0 Å². The minimum absolute atomic E-state index is 0.450. The number of alkyl halides is 1. The standard InChI is InChI=1S/C14H26ClNO/c15-13-7-5-12(6-8-13)11-16-9-1-3-14-4-2-10-17-14/h12-14,16H,1-11H2. The predicted molar refractivity (Wildman–Crippen MR) is 72.7 cm³/mol. The largest absolute Gasteiger partial charge is 0.378 e. The van der Waals surface area contributed by atoms with Gasteiger partial charge in [0.25, 0.3) is 0 Å². The maximum Gasteiger partial charge on any atom is 0.0576 e. The fraction of sp³-hybridized carbons (Fsp3) is 1.00. The molecule has 17 heavy (non-hydrogen) atoms. The van der Waals surface area contributed by atoms with E-state index in [0.29, 0.717) is 11.5 Å². The second kappa shape index (κ2) is 7.60. The Bertz CT molecular complexity index is 198. The quantitative estimate of drug-likeness (QED) is 0.584. The Morgan fingerprint density at radius 1 is 1.12 bits per heavy atom. The highest BCUT2D eigenvalue weighted by Gasteiger charge is 2.19. The van der Waals surface area contributed by atoms with Crippen molar-refractivity contribution in [3.05, 3.63) is 0 Å². The van der Waals surface area contributed by atoms with Crippen LogP contribution in [0.25, 0.3) is 0 Å². The van der Waals surface area contributed by atoms with Crippen LogP contribution in [-0.2, 0) is 4.74 Å². The molecular formula is C14H26ClNO. The van der Waals surface area contributed by atoms with Crippen LogP contribution in [0, 0.1) is 5.92 Å². The van der Waals surface area contributed by atoms with Gasteiger partial charge in [-0.25, -0.2) is 0 Å². The lowest BCUT2D eigenvalue weighted by atomic mass is 9.89. The van der Waals surface area contributed by atoms with Gasteiger partial charge in [0.05, 0.1) is 6.10 Å². The minimum Gasteiger partial charge on any atom is -0.378 e. The lowest BCUT2D eigenvalue weighted by Crippen LogP contribution is -2.27. The van der Waals surface area contributed by atoms with Crippen LogP contribution in [0.15, 0.2) is 0 Å². The van der Waals surface area contributed by atoms with Crippen molar-refractivity contribution in [2.45, 2.75) is 62.8 Å². The third kappa shape index (κ3) is 5.15. The molecule has 0 aromatic carbocycles. The fourth-order valence-corrected chi connectivity index (χ4v) is 3.21. The van der Waals surface area contributed by atoms with Crippen molar-refractivity contribution in [1.29, 1.82) is 0 Å². The van der Waals surface area contributed by atoms with Gasteiger partial charge in [0.1, 0.15) is 0 Å². The summed E-state index contributed by atoms with van der Waals surface area (Å²) < 4.78 is 5.62. The van der Waals surface area contributed by atoms with Crippen LogP contribution in [0.1, 0.15) is 51.4 Å². The average molecular weight is 260 g/mol. The molecule has 0 spiro atoms. The van der Waals surface area contributed by atoms with Crippen LogP contribution in [0.2, 0.25) is 0 Å². The Labute approximate surface area is 110 Å². The van der Waals surface area contributed by atoms with Gasteiger partial charge in [-0.3, -0.25) is 0 Å². The highest BCUT2D eigenvalue weighted by molar-refractivity contribution is 6.20. The zero-order valence-electron chi connectivity index (χ0n) is 10.8. The van der Waals surface area contributed by atoms with Gasteiger partial charge in [0.15, 0.2) is 0 Å². The Morgan fingerprint density at radius 3 is 2.65 bits per heavy atom. The molecule has 0 aromatic rings. The first-order valence-electron chi connectivity index (χ1n) is 7.31. The van der Waals surface area contributed by atoms with Crippen molar-refractivity contribution < 1.29 is 4.74 Å². The first-order valence-corrected chi connectivity index (χ1v) is 7.74. The molecule has 0 aromatic heterocycles. The second-order valence-electron chi connectivity index (χ2n) is 5.60. The summed E-state index contributed by atoms with van der Waals surface area (Å²) in [4.78, 5) is 0. The van der Waals surface area contributed by atoms with Gasteiger partial charge >= 0.3 is 0 Å². The topological polar surface area (TPSA) is 21.3 Å². The monoisotopic (exact) mass is 259 g/mol. The van der Waals surface area contributed by atoms with Gasteiger partial charge < -0.3 is 10.1 Å². The van der Waals surface area contributed by atoms with E-state index in [9.17, 15) is 0 Å². The molecule has 2 rings (SSSR count). The number of rotatable bonds is 6. The van der Waals surface area contributed by atoms with Crippen LogP contribution in [0.4, 0.5) is 0 Å².